The summed E-state index contributed by atoms with van der Waals surface area (Å²) in [5, 5.41) is 0. The maximum atomic E-state index is 5.97. The fourth-order valence-corrected chi connectivity index (χ4v) is 2.26. The predicted molar refractivity (Wildman–Crippen MR) is 59.1 cm³/mol. The van der Waals surface area contributed by atoms with E-state index >= 15 is 0 Å². The molecule has 1 heterocycles. The first-order chi connectivity index (χ1) is 5.88. The summed E-state index contributed by atoms with van der Waals surface area (Å²) in [5.41, 5.74) is 11.6. The van der Waals surface area contributed by atoms with Crippen LogP contribution in [0.4, 0.5) is 0 Å². The smallest absolute Gasteiger partial charge is 0.0931 e. The minimum Gasteiger partial charge on any atom is -0.325 e. The SMILES string of the molecule is CC(C)(N)CC(N)c1ccc(Cl)s1. The number of hydrogen-bond acceptors (Lipinski definition) is 3. The van der Waals surface area contributed by atoms with E-state index in [1.807, 2.05) is 26.0 Å². The Morgan fingerprint density at radius 2 is 2.15 bits per heavy atom. The summed E-state index contributed by atoms with van der Waals surface area (Å²) in [6, 6.07) is 3.83. The molecule has 1 unspecified atom stereocenters. The average Bonchev–Trinajstić information content (AvgIpc) is 2.31. The van der Waals surface area contributed by atoms with Gasteiger partial charge in [0.15, 0.2) is 0 Å². The van der Waals surface area contributed by atoms with Crippen LogP contribution in [0.25, 0.3) is 0 Å². The van der Waals surface area contributed by atoms with Gasteiger partial charge in [0.25, 0.3) is 0 Å². The van der Waals surface area contributed by atoms with E-state index in [2.05, 4.69) is 0 Å². The molecule has 1 aromatic heterocycles. The molecule has 4 N–H and O–H groups in total. The van der Waals surface area contributed by atoms with Crippen LogP contribution in [0.1, 0.15) is 31.2 Å². The van der Waals surface area contributed by atoms with E-state index in [1.54, 1.807) is 0 Å². The standard InChI is InChI=1S/C9H15ClN2S/c1-9(2,12)5-6(11)7-3-4-8(10)13-7/h3-4,6H,5,11-12H2,1-2H3. The van der Waals surface area contributed by atoms with Crippen LogP contribution in [-0.4, -0.2) is 5.54 Å². The van der Waals surface area contributed by atoms with Crippen LogP contribution in [0, 0.1) is 0 Å². The second-order valence-electron chi connectivity index (χ2n) is 3.94. The van der Waals surface area contributed by atoms with E-state index in [1.165, 1.54) is 11.3 Å². The molecule has 0 aliphatic carbocycles. The fraction of sp³-hybridized carbons (Fsp3) is 0.556. The van der Waals surface area contributed by atoms with Crippen molar-refractivity contribution in [2.45, 2.75) is 31.8 Å². The molecule has 0 aliphatic heterocycles. The van der Waals surface area contributed by atoms with Crippen molar-refractivity contribution in [2.75, 3.05) is 0 Å². The second-order valence-corrected chi connectivity index (χ2v) is 5.69. The summed E-state index contributed by atoms with van der Waals surface area (Å²) in [5.74, 6) is 0. The largest absolute Gasteiger partial charge is 0.325 e. The molecular formula is C9H15ClN2S. The lowest BCUT2D eigenvalue weighted by Gasteiger charge is -2.22. The van der Waals surface area contributed by atoms with Crippen LogP contribution in [-0.2, 0) is 0 Å². The van der Waals surface area contributed by atoms with Crippen molar-refractivity contribution < 1.29 is 0 Å². The molecule has 0 radical (unpaired) electrons. The lowest BCUT2D eigenvalue weighted by atomic mass is 9.96. The zero-order valence-electron chi connectivity index (χ0n) is 7.88. The monoisotopic (exact) mass is 218 g/mol. The Labute approximate surface area is 87.9 Å². The van der Waals surface area contributed by atoms with Gasteiger partial charge in [0, 0.05) is 16.5 Å². The summed E-state index contributed by atoms with van der Waals surface area (Å²) in [7, 11) is 0. The van der Waals surface area contributed by atoms with Crippen molar-refractivity contribution in [2.24, 2.45) is 11.5 Å². The lowest BCUT2D eigenvalue weighted by molar-refractivity contribution is 0.432. The Morgan fingerprint density at radius 3 is 2.54 bits per heavy atom. The molecule has 0 saturated carbocycles. The van der Waals surface area contributed by atoms with Crippen LogP contribution >= 0.6 is 22.9 Å². The molecular weight excluding hydrogens is 204 g/mol. The summed E-state index contributed by atoms with van der Waals surface area (Å²) < 4.78 is 0.778. The Bertz CT molecular complexity index is 277. The second kappa shape index (κ2) is 3.96. The summed E-state index contributed by atoms with van der Waals surface area (Å²) >= 11 is 7.33. The molecule has 1 atom stereocenters. The molecule has 0 saturated heterocycles. The van der Waals surface area contributed by atoms with Gasteiger partial charge in [0.2, 0.25) is 0 Å². The lowest BCUT2D eigenvalue weighted by Crippen LogP contribution is -2.35. The minimum absolute atomic E-state index is 0.00231. The van der Waals surface area contributed by atoms with Crippen LogP contribution in [0.15, 0.2) is 12.1 Å². The molecule has 4 heteroatoms. The van der Waals surface area contributed by atoms with Gasteiger partial charge >= 0.3 is 0 Å². The quantitative estimate of drug-likeness (QED) is 0.819. The van der Waals surface area contributed by atoms with Gasteiger partial charge < -0.3 is 11.5 Å². The van der Waals surface area contributed by atoms with Gasteiger partial charge in [0.05, 0.1) is 4.34 Å². The van der Waals surface area contributed by atoms with Crippen molar-refractivity contribution >= 4 is 22.9 Å². The first-order valence-corrected chi connectivity index (χ1v) is 5.37. The molecule has 13 heavy (non-hydrogen) atoms. The molecule has 0 fully saturated rings. The molecule has 1 rings (SSSR count). The fourth-order valence-electron chi connectivity index (χ4n) is 1.19. The van der Waals surface area contributed by atoms with Crippen LogP contribution in [0.5, 0.6) is 0 Å². The van der Waals surface area contributed by atoms with E-state index in [0.717, 1.165) is 15.6 Å². The van der Waals surface area contributed by atoms with Crippen molar-refractivity contribution in [3.63, 3.8) is 0 Å². The van der Waals surface area contributed by atoms with Gasteiger partial charge in [0.1, 0.15) is 0 Å². The highest BCUT2D eigenvalue weighted by Gasteiger charge is 2.18. The predicted octanol–water partition coefficient (Wildman–Crippen LogP) is 2.53. The van der Waals surface area contributed by atoms with E-state index in [-0.39, 0.29) is 11.6 Å². The molecule has 1 aromatic rings. The first kappa shape index (κ1) is 11.0. The summed E-state index contributed by atoms with van der Waals surface area (Å²) in [4.78, 5) is 1.10. The Hall–Kier alpha value is -0.0900. The van der Waals surface area contributed by atoms with Crippen LogP contribution in [0.2, 0.25) is 4.34 Å². The van der Waals surface area contributed by atoms with Crippen molar-refractivity contribution in [3.8, 4) is 0 Å². The van der Waals surface area contributed by atoms with E-state index in [0.29, 0.717) is 0 Å². The molecule has 0 aromatic carbocycles. The number of rotatable bonds is 3. The maximum Gasteiger partial charge on any atom is 0.0931 e. The van der Waals surface area contributed by atoms with E-state index in [9.17, 15) is 0 Å². The number of nitrogens with two attached hydrogens (primary N) is 2. The molecule has 2 nitrogen and oxygen atoms in total. The van der Waals surface area contributed by atoms with Crippen LogP contribution in [0.3, 0.4) is 0 Å². The van der Waals surface area contributed by atoms with Crippen molar-refractivity contribution in [1.29, 1.82) is 0 Å². The van der Waals surface area contributed by atoms with Gasteiger partial charge in [-0.2, -0.15) is 0 Å². The van der Waals surface area contributed by atoms with Crippen LogP contribution < -0.4 is 11.5 Å². The zero-order valence-corrected chi connectivity index (χ0v) is 9.45. The topological polar surface area (TPSA) is 52.0 Å². The highest BCUT2D eigenvalue weighted by molar-refractivity contribution is 7.16. The van der Waals surface area contributed by atoms with Gasteiger partial charge in [-0.3, -0.25) is 0 Å². The number of halogens is 1. The summed E-state index contributed by atoms with van der Waals surface area (Å²) in [6.07, 6.45) is 0.768. The van der Waals surface area contributed by atoms with Gasteiger partial charge in [-0.1, -0.05) is 11.6 Å². The first-order valence-electron chi connectivity index (χ1n) is 4.18. The maximum absolute atomic E-state index is 5.97. The molecule has 0 bridgehead atoms. The van der Waals surface area contributed by atoms with Gasteiger partial charge in [-0.25, -0.2) is 0 Å². The molecule has 0 amide bonds. The highest BCUT2D eigenvalue weighted by atomic mass is 35.5. The zero-order chi connectivity index (χ0) is 10.1. The van der Waals surface area contributed by atoms with E-state index < -0.39 is 0 Å². The molecule has 74 valence electrons. The normalized spacial score (nSPS) is 14.5. The third kappa shape index (κ3) is 3.65. The average molecular weight is 219 g/mol. The number of hydrogen-bond donors (Lipinski definition) is 2. The minimum atomic E-state index is -0.226. The van der Waals surface area contributed by atoms with Crippen molar-refractivity contribution in [3.05, 3.63) is 21.3 Å². The Balaban J connectivity index is 2.64. The Morgan fingerprint density at radius 1 is 1.54 bits per heavy atom. The molecule has 0 spiro atoms. The van der Waals surface area contributed by atoms with Gasteiger partial charge in [-0.05, 0) is 32.4 Å². The van der Waals surface area contributed by atoms with Gasteiger partial charge in [-0.15, -0.1) is 11.3 Å². The Kier molecular flexibility index (Phi) is 3.35. The van der Waals surface area contributed by atoms with E-state index in [4.69, 9.17) is 23.1 Å². The third-order valence-electron chi connectivity index (χ3n) is 1.71. The highest BCUT2D eigenvalue weighted by Crippen LogP contribution is 2.29. The number of thiophene rings is 1. The third-order valence-corrected chi connectivity index (χ3v) is 3.07. The van der Waals surface area contributed by atoms with Crippen molar-refractivity contribution in [1.82, 2.24) is 0 Å². The summed E-state index contributed by atoms with van der Waals surface area (Å²) in [6.45, 7) is 3.95. The molecule has 0 aliphatic rings.